The summed E-state index contributed by atoms with van der Waals surface area (Å²) < 4.78 is 0. The van der Waals surface area contributed by atoms with Gasteiger partial charge in [0.2, 0.25) is 11.8 Å². The van der Waals surface area contributed by atoms with Crippen molar-refractivity contribution in [1.82, 2.24) is 15.6 Å². The second-order valence-corrected chi connectivity index (χ2v) is 10.8. The molecule has 1 atom stereocenters. The molecule has 1 heterocycles. The number of nitrogens with one attached hydrogen (secondary N) is 2. The minimum absolute atomic E-state index is 0.184. The molecule has 0 unspecified atom stereocenters. The number of rotatable bonds is 7. The summed E-state index contributed by atoms with van der Waals surface area (Å²) in [5.41, 5.74) is 0. The summed E-state index contributed by atoms with van der Waals surface area (Å²) in [5.74, 6) is -0.125. The Bertz CT molecular complexity index is 482. The summed E-state index contributed by atoms with van der Waals surface area (Å²) in [6.07, 6.45) is 3.67. The SMILES string of the molecule is CC(=O)N[C@@H](CS)C(=O)NCC[Si](C)(C)c1cccnc1. The molecule has 7 heteroatoms. The zero-order chi connectivity index (χ0) is 15.9. The molecule has 0 aliphatic heterocycles. The monoisotopic (exact) mass is 325 g/mol. The first-order chi connectivity index (χ1) is 9.86. The highest BCUT2D eigenvalue weighted by Crippen LogP contribution is 2.08. The lowest BCUT2D eigenvalue weighted by molar-refractivity contribution is -0.127. The Labute approximate surface area is 132 Å². The first-order valence-electron chi connectivity index (χ1n) is 6.93. The van der Waals surface area contributed by atoms with Crippen LogP contribution in [0, 0.1) is 0 Å². The Morgan fingerprint density at radius 1 is 1.43 bits per heavy atom. The second-order valence-electron chi connectivity index (χ2n) is 5.60. The zero-order valence-corrected chi connectivity index (χ0v) is 14.6. The molecule has 116 valence electrons. The molecular formula is C14H23N3O2SSi. The molecule has 21 heavy (non-hydrogen) atoms. The van der Waals surface area contributed by atoms with Crippen LogP contribution in [0.2, 0.25) is 19.1 Å². The van der Waals surface area contributed by atoms with Crippen LogP contribution < -0.4 is 15.8 Å². The molecule has 2 amide bonds. The molecular weight excluding hydrogens is 302 g/mol. The quantitative estimate of drug-likeness (QED) is 0.506. The number of thiol groups is 1. The van der Waals surface area contributed by atoms with E-state index in [4.69, 9.17) is 0 Å². The molecule has 0 radical (unpaired) electrons. The summed E-state index contributed by atoms with van der Waals surface area (Å²) in [7, 11) is -1.61. The maximum atomic E-state index is 12.0. The van der Waals surface area contributed by atoms with Gasteiger partial charge in [-0.1, -0.05) is 19.2 Å². The zero-order valence-electron chi connectivity index (χ0n) is 12.7. The van der Waals surface area contributed by atoms with Gasteiger partial charge in [0, 0.05) is 31.6 Å². The van der Waals surface area contributed by atoms with Crippen molar-refractivity contribution < 1.29 is 9.59 Å². The smallest absolute Gasteiger partial charge is 0.243 e. The van der Waals surface area contributed by atoms with Crippen LogP contribution in [0.15, 0.2) is 24.5 Å². The molecule has 1 aromatic heterocycles. The summed E-state index contributed by atoms with van der Waals surface area (Å²) in [6.45, 7) is 6.49. The molecule has 0 spiro atoms. The van der Waals surface area contributed by atoms with E-state index < -0.39 is 14.1 Å². The second kappa shape index (κ2) is 8.19. The number of hydrogen-bond acceptors (Lipinski definition) is 4. The molecule has 0 aliphatic carbocycles. The van der Waals surface area contributed by atoms with Crippen molar-refractivity contribution >= 4 is 37.7 Å². The number of amides is 2. The molecule has 0 aliphatic rings. The van der Waals surface area contributed by atoms with Gasteiger partial charge >= 0.3 is 0 Å². The minimum Gasteiger partial charge on any atom is -0.355 e. The molecule has 1 aromatic rings. The molecule has 5 nitrogen and oxygen atoms in total. The van der Waals surface area contributed by atoms with Gasteiger partial charge in [0.25, 0.3) is 0 Å². The van der Waals surface area contributed by atoms with Gasteiger partial charge < -0.3 is 10.6 Å². The normalized spacial score (nSPS) is 12.6. The fourth-order valence-corrected chi connectivity index (χ4v) is 4.24. The minimum atomic E-state index is -1.61. The van der Waals surface area contributed by atoms with Gasteiger partial charge in [-0.3, -0.25) is 14.6 Å². The van der Waals surface area contributed by atoms with Crippen molar-refractivity contribution in [2.24, 2.45) is 0 Å². The first kappa shape index (κ1) is 17.7. The molecule has 0 saturated heterocycles. The predicted octanol–water partition coefficient (Wildman–Crippen LogP) is 0.548. The number of carbonyl (C=O) groups is 2. The Morgan fingerprint density at radius 2 is 2.14 bits per heavy atom. The molecule has 1 rings (SSSR count). The van der Waals surface area contributed by atoms with Gasteiger partial charge in [0.1, 0.15) is 6.04 Å². The maximum absolute atomic E-state index is 12.0. The van der Waals surface area contributed by atoms with Crippen LogP contribution in [0.3, 0.4) is 0 Å². The third-order valence-corrected chi connectivity index (χ3v) is 7.09. The van der Waals surface area contributed by atoms with Gasteiger partial charge in [0.15, 0.2) is 0 Å². The van der Waals surface area contributed by atoms with Gasteiger partial charge in [-0.15, -0.1) is 0 Å². The molecule has 2 N–H and O–H groups in total. The van der Waals surface area contributed by atoms with Crippen LogP contribution in [0.5, 0.6) is 0 Å². The van der Waals surface area contributed by atoms with E-state index in [1.165, 1.54) is 12.1 Å². The van der Waals surface area contributed by atoms with Gasteiger partial charge in [-0.2, -0.15) is 12.6 Å². The van der Waals surface area contributed by atoms with Crippen molar-refractivity contribution in [3.05, 3.63) is 24.5 Å². The topological polar surface area (TPSA) is 71.1 Å². The number of carbonyl (C=O) groups excluding carboxylic acids is 2. The standard InChI is InChI=1S/C14H23N3O2SSi/c1-11(18)17-13(10-20)14(19)16-7-8-21(2,3)12-5-4-6-15-9-12/h4-6,9,13,20H,7-8,10H2,1-3H3,(H,16,19)(H,17,18)/t13-/m0/s1. The van der Waals surface area contributed by atoms with Crippen LogP contribution in [0.1, 0.15) is 6.92 Å². The fraction of sp³-hybridized carbons (Fsp3) is 0.500. The highest BCUT2D eigenvalue weighted by atomic mass is 32.1. The molecule has 0 saturated carbocycles. The van der Waals surface area contributed by atoms with Crippen molar-refractivity contribution in [3.8, 4) is 0 Å². The van der Waals surface area contributed by atoms with E-state index in [2.05, 4.69) is 47.4 Å². The van der Waals surface area contributed by atoms with E-state index in [1.54, 1.807) is 6.20 Å². The van der Waals surface area contributed by atoms with Crippen LogP contribution in [-0.2, 0) is 9.59 Å². The number of aromatic nitrogens is 1. The average molecular weight is 326 g/mol. The van der Waals surface area contributed by atoms with E-state index in [1.807, 2.05) is 12.3 Å². The Balaban J connectivity index is 2.48. The summed E-state index contributed by atoms with van der Waals surface area (Å²) in [6, 6.07) is 4.38. The van der Waals surface area contributed by atoms with Crippen molar-refractivity contribution in [3.63, 3.8) is 0 Å². The van der Waals surface area contributed by atoms with Gasteiger partial charge in [0.05, 0.1) is 8.07 Å². The summed E-state index contributed by atoms with van der Waals surface area (Å²) in [5, 5.41) is 6.73. The van der Waals surface area contributed by atoms with E-state index in [0.717, 1.165) is 6.04 Å². The number of nitrogens with zero attached hydrogens (tertiary/aromatic N) is 1. The van der Waals surface area contributed by atoms with E-state index >= 15 is 0 Å². The lowest BCUT2D eigenvalue weighted by Crippen LogP contribution is -2.49. The Hall–Kier alpha value is -1.34. The third-order valence-electron chi connectivity index (χ3n) is 3.37. The lowest BCUT2D eigenvalue weighted by Gasteiger charge is -2.23. The third kappa shape index (κ3) is 5.89. The van der Waals surface area contributed by atoms with Crippen LogP contribution in [0.4, 0.5) is 0 Å². The Morgan fingerprint density at radius 3 is 2.67 bits per heavy atom. The predicted molar refractivity (Wildman–Crippen MR) is 90.6 cm³/mol. The average Bonchev–Trinajstić information content (AvgIpc) is 2.45. The summed E-state index contributed by atoms with van der Waals surface area (Å²) >= 11 is 4.09. The van der Waals surface area contributed by atoms with E-state index in [0.29, 0.717) is 6.54 Å². The fourth-order valence-electron chi connectivity index (χ4n) is 1.97. The Kier molecular flexibility index (Phi) is 6.90. The number of hydrogen-bond donors (Lipinski definition) is 3. The molecule has 0 bridgehead atoms. The lowest BCUT2D eigenvalue weighted by atomic mass is 10.3. The maximum Gasteiger partial charge on any atom is 0.243 e. The first-order valence-corrected chi connectivity index (χ1v) is 10.8. The molecule has 0 aromatic carbocycles. The van der Waals surface area contributed by atoms with Crippen LogP contribution in [0.25, 0.3) is 0 Å². The van der Waals surface area contributed by atoms with Crippen molar-refractivity contribution in [2.75, 3.05) is 12.3 Å². The van der Waals surface area contributed by atoms with E-state index in [-0.39, 0.29) is 17.6 Å². The summed E-state index contributed by atoms with van der Waals surface area (Å²) in [4.78, 5) is 27.1. The molecule has 0 fully saturated rings. The van der Waals surface area contributed by atoms with Crippen molar-refractivity contribution in [2.45, 2.75) is 32.1 Å². The van der Waals surface area contributed by atoms with Crippen LogP contribution >= 0.6 is 12.6 Å². The highest BCUT2D eigenvalue weighted by Gasteiger charge is 2.24. The van der Waals surface area contributed by atoms with Gasteiger partial charge in [-0.25, -0.2) is 0 Å². The highest BCUT2D eigenvalue weighted by molar-refractivity contribution is 7.80. The number of pyridine rings is 1. The largest absolute Gasteiger partial charge is 0.355 e. The van der Waals surface area contributed by atoms with Crippen LogP contribution in [-0.4, -0.2) is 43.2 Å². The van der Waals surface area contributed by atoms with Gasteiger partial charge in [-0.05, 0) is 17.3 Å². The van der Waals surface area contributed by atoms with Crippen molar-refractivity contribution in [1.29, 1.82) is 0 Å². The van der Waals surface area contributed by atoms with E-state index in [9.17, 15) is 9.59 Å².